The maximum absolute atomic E-state index is 13.4. The average Bonchev–Trinajstić information content (AvgIpc) is 3.18. The highest BCUT2D eigenvalue weighted by molar-refractivity contribution is 7.89. The van der Waals surface area contributed by atoms with Gasteiger partial charge < -0.3 is 14.6 Å². The molecule has 1 fully saturated rings. The monoisotopic (exact) mass is 411 g/mol. The number of amides is 1. The second kappa shape index (κ2) is 6.85. The number of sulfonamides is 1. The standard InChI is InChI=1S/C18H19F2N3O4S/c1-23-8-15-17(27-9-10-3-2-4-14(10)22-28(15,25)26)16(23)18(24)21-11-5-6-12(19)13(20)7-11/h5-8,10,14,22H,2-4,9H2,1H3,(H,21,24)/t10-,14+/m1/s1. The number of nitrogens with zero attached hydrogens (tertiary/aromatic N) is 1. The molecule has 4 rings (SSSR count). The van der Waals surface area contributed by atoms with Gasteiger partial charge in [-0.3, -0.25) is 4.79 Å². The molecule has 1 amide bonds. The number of carbonyl (C=O) groups is 1. The van der Waals surface area contributed by atoms with Crippen molar-refractivity contribution in [2.75, 3.05) is 11.9 Å². The smallest absolute Gasteiger partial charge is 0.276 e. The van der Waals surface area contributed by atoms with E-state index in [2.05, 4.69) is 10.0 Å². The molecule has 1 aliphatic carbocycles. The molecule has 2 aliphatic rings. The third kappa shape index (κ3) is 3.26. The number of anilines is 1. The Morgan fingerprint density at radius 3 is 2.82 bits per heavy atom. The number of rotatable bonds is 2. The number of carbonyl (C=O) groups excluding carboxylic acids is 1. The number of hydrogen-bond acceptors (Lipinski definition) is 4. The van der Waals surface area contributed by atoms with Crippen molar-refractivity contribution in [2.24, 2.45) is 13.0 Å². The summed E-state index contributed by atoms with van der Waals surface area (Å²) in [5, 5.41) is 2.45. The van der Waals surface area contributed by atoms with Crippen molar-refractivity contribution in [3.8, 4) is 5.75 Å². The highest BCUT2D eigenvalue weighted by Crippen LogP contribution is 2.36. The Morgan fingerprint density at radius 1 is 1.29 bits per heavy atom. The molecular formula is C18H19F2N3O4S. The van der Waals surface area contributed by atoms with Crippen LogP contribution in [0.1, 0.15) is 29.8 Å². The first-order chi connectivity index (χ1) is 13.3. The Bertz CT molecular complexity index is 1050. The Morgan fingerprint density at radius 2 is 2.07 bits per heavy atom. The van der Waals surface area contributed by atoms with Gasteiger partial charge in [-0.2, -0.15) is 0 Å². The summed E-state index contributed by atoms with van der Waals surface area (Å²) < 4.78 is 61.9. The predicted molar refractivity (Wildman–Crippen MR) is 96.7 cm³/mol. The van der Waals surface area contributed by atoms with Gasteiger partial charge in [-0.05, 0) is 25.0 Å². The second-order valence-electron chi connectivity index (χ2n) is 7.09. The van der Waals surface area contributed by atoms with E-state index in [1.807, 2.05) is 0 Å². The molecule has 2 aromatic rings. The summed E-state index contributed by atoms with van der Waals surface area (Å²) in [6.07, 6.45) is 3.81. The number of halogens is 2. The summed E-state index contributed by atoms with van der Waals surface area (Å²) in [7, 11) is -2.34. The molecule has 1 aromatic heterocycles. The summed E-state index contributed by atoms with van der Waals surface area (Å²) in [6, 6.07) is 2.77. The zero-order valence-electron chi connectivity index (χ0n) is 15.0. The summed E-state index contributed by atoms with van der Waals surface area (Å²) in [4.78, 5) is 12.6. The van der Waals surface area contributed by atoms with E-state index in [1.165, 1.54) is 23.9 Å². The Kier molecular flexibility index (Phi) is 4.62. The molecule has 28 heavy (non-hydrogen) atoms. The lowest BCUT2D eigenvalue weighted by Gasteiger charge is -2.24. The number of fused-ring (bicyclic) bond motifs is 2. The van der Waals surface area contributed by atoms with Crippen LogP contribution in [0.4, 0.5) is 14.5 Å². The Balaban J connectivity index is 1.70. The van der Waals surface area contributed by atoms with E-state index in [9.17, 15) is 22.0 Å². The van der Waals surface area contributed by atoms with E-state index in [4.69, 9.17) is 4.74 Å². The number of hydrogen-bond donors (Lipinski definition) is 2. The van der Waals surface area contributed by atoms with Gasteiger partial charge in [-0.15, -0.1) is 0 Å². The van der Waals surface area contributed by atoms with Crippen LogP contribution in [0.15, 0.2) is 29.3 Å². The molecule has 1 saturated carbocycles. The molecule has 0 saturated heterocycles. The number of aromatic nitrogens is 1. The van der Waals surface area contributed by atoms with E-state index < -0.39 is 27.6 Å². The molecule has 2 heterocycles. The van der Waals surface area contributed by atoms with E-state index in [0.29, 0.717) is 0 Å². The lowest BCUT2D eigenvalue weighted by Crippen LogP contribution is -2.41. The molecule has 2 N–H and O–H groups in total. The van der Waals surface area contributed by atoms with Gasteiger partial charge in [0.05, 0.1) is 6.61 Å². The predicted octanol–water partition coefficient (Wildman–Crippen LogP) is 2.39. The topological polar surface area (TPSA) is 89.4 Å². The van der Waals surface area contributed by atoms with Gasteiger partial charge in [0, 0.05) is 37.0 Å². The first-order valence-electron chi connectivity index (χ1n) is 8.87. The fraction of sp³-hybridized carbons (Fsp3) is 0.389. The molecule has 0 unspecified atom stereocenters. The summed E-state index contributed by atoms with van der Waals surface area (Å²) in [5.41, 5.74) is 0.0306. The van der Waals surface area contributed by atoms with Crippen molar-refractivity contribution in [3.05, 3.63) is 41.7 Å². The van der Waals surface area contributed by atoms with Crippen LogP contribution in [0.25, 0.3) is 0 Å². The molecular weight excluding hydrogens is 392 g/mol. The fourth-order valence-electron chi connectivity index (χ4n) is 3.78. The van der Waals surface area contributed by atoms with Crippen LogP contribution in [0.3, 0.4) is 0 Å². The first kappa shape index (κ1) is 18.9. The largest absolute Gasteiger partial charge is 0.489 e. The number of aryl methyl sites for hydroxylation is 1. The van der Waals surface area contributed by atoms with Gasteiger partial charge >= 0.3 is 0 Å². The van der Waals surface area contributed by atoms with Gasteiger partial charge in [0.15, 0.2) is 23.1 Å². The highest BCUT2D eigenvalue weighted by atomic mass is 32.2. The van der Waals surface area contributed by atoms with Crippen molar-refractivity contribution >= 4 is 21.6 Å². The van der Waals surface area contributed by atoms with E-state index in [-0.39, 0.29) is 40.6 Å². The van der Waals surface area contributed by atoms with E-state index in [1.54, 1.807) is 0 Å². The minimum Gasteiger partial charge on any atom is -0.489 e. The van der Waals surface area contributed by atoms with Gasteiger partial charge in [-0.25, -0.2) is 21.9 Å². The molecule has 0 spiro atoms. The molecule has 0 radical (unpaired) electrons. The summed E-state index contributed by atoms with van der Waals surface area (Å²) >= 11 is 0. The maximum atomic E-state index is 13.4. The summed E-state index contributed by atoms with van der Waals surface area (Å²) in [5.74, 6) is -2.83. The van der Waals surface area contributed by atoms with Gasteiger partial charge in [0.25, 0.3) is 5.91 Å². The Hall–Kier alpha value is -2.46. The highest BCUT2D eigenvalue weighted by Gasteiger charge is 2.38. The number of benzene rings is 1. The van der Waals surface area contributed by atoms with Gasteiger partial charge in [-0.1, -0.05) is 6.42 Å². The van der Waals surface area contributed by atoms with Crippen molar-refractivity contribution in [2.45, 2.75) is 30.2 Å². The normalized spacial score (nSPS) is 23.1. The zero-order chi connectivity index (χ0) is 20.1. The van der Waals surface area contributed by atoms with Crippen molar-refractivity contribution < 1.29 is 26.7 Å². The zero-order valence-corrected chi connectivity index (χ0v) is 15.9. The minimum atomic E-state index is -3.86. The average molecular weight is 411 g/mol. The van der Waals surface area contributed by atoms with Crippen LogP contribution in [-0.4, -0.2) is 31.5 Å². The molecule has 10 heteroatoms. The van der Waals surface area contributed by atoms with Crippen LogP contribution in [0, 0.1) is 17.6 Å². The molecule has 150 valence electrons. The minimum absolute atomic E-state index is 0.0124. The van der Waals surface area contributed by atoms with Gasteiger partial charge in [0.2, 0.25) is 10.0 Å². The lowest BCUT2D eigenvalue weighted by atomic mass is 10.1. The van der Waals surface area contributed by atoms with Crippen LogP contribution >= 0.6 is 0 Å². The third-order valence-electron chi connectivity index (χ3n) is 5.19. The van der Waals surface area contributed by atoms with Crippen molar-refractivity contribution in [1.29, 1.82) is 0 Å². The van der Waals surface area contributed by atoms with Crippen molar-refractivity contribution in [3.63, 3.8) is 0 Å². The third-order valence-corrected chi connectivity index (χ3v) is 6.67. The Labute approximate surface area is 160 Å². The van der Waals surface area contributed by atoms with Crippen LogP contribution in [0.5, 0.6) is 5.75 Å². The quantitative estimate of drug-likeness (QED) is 0.794. The van der Waals surface area contributed by atoms with Crippen LogP contribution in [-0.2, 0) is 17.1 Å². The molecule has 0 bridgehead atoms. The maximum Gasteiger partial charge on any atom is 0.276 e. The molecule has 2 atom stereocenters. The summed E-state index contributed by atoms with van der Waals surface area (Å²) in [6.45, 7) is 0.287. The first-order valence-corrected chi connectivity index (χ1v) is 10.4. The fourth-order valence-corrected chi connectivity index (χ4v) is 5.31. The molecule has 1 aromatic carbocycles. The molecule has 7 nitrogen and oxygen atoms in total. The molecule has 1 aliphatic heterocycles. The second-order valence-corrected chi connectivity index (χ2v) is 8.78. The van der Waals surface area contributed by atoms with E-state index >= 15 is 0 Å². The van der Waals surface area contributed by atoms with Crippen LogP contribution < -0.4 is 14.8 Å². The van der Waals surface area contributed by atoms with E-state index in [0.717, 1.165) is 31.4 Å². The van der Waals surface area contributed by atoms with Crippen molar-refractivity contribution in [1.82, 2.24) is 9.29 Å². The number of nitrogens with one attached hydrogen (secondary N) is 2. The number of ether oxygens (including phenoxy) is 1. The SMILES string of the molecule is Cn1cc2c(c1C(=O)Nc1ccc(F)c(F)c1)OC[C@H]1CCC[C@@H]1NS2(=O)=O. The van der Waals surface area contributed by atoms with Crippen LogP contribution in [0.2, 0.25) is 0 Å². The lowest BCUT2D eigenvalue weighted by molar-refractivity contribution is 0.101. The van der Waals surface area contributed by atoms with Gasteiger partial charge in [0.1, 0.15) is 4.90 Å².